The van der Waals surface area contributed by atoms with Crippen LogP contribution in [0.4, 0.5) is 0 Å². The summed E-state index contributed by atoms with van der Waals surface area (Å²) < 4.78 is 11.5. The second-order valence-electron chi connectivity index (χ2n) is 7.51. The van der Waals surface area contributed by atoms with Crippen molar-refractivity contribution in [3.63, 3.8) is 0 Å². The fraction of sp³-hybridized carbons (Fsp3) is 0.455. The van der Waals surface area contributed by atoms with Gasteiger partial charge in [-0.25, -0.2) is 0 Å². The minimum Gasteiger partial charge on any atom is -0.492 e. The molecule has 6 unspecified atom stereocenters. The van der Waals surface area contributed by atoms with Gasteiger partial charge in [0.2, 0.25) is 0 Å². The van der Waals surface area contributed by atoms with E-state index in [0.717, 1.165) is 23.3 Å². The molecule has 150 valence electrons. The Morgan fingerprint density at radius 3 is 2.32 bits per heavy atom. The SMILES string of the molecule is CCc1ccc(C2COc3ccc(C4OC(CO)C(O)C(O)C4O)cc32)cc1. The first-order valence-electron chi connectivity index (χ1n) is 9.69. The van der Waals surface area contributed by atoms with Crippen LogP contribution in [0, 0.1) is 0 Å². The van der Waals surface area contributed by atoms with Crippen molar-refractivity contribution in [2.24, 2.45) is 0 Å². The molecule has 2 aliphatic rings. The van der Waals surface area contributed by atoms with E-state index >= 15 is 0 Å². The highest BCUT2D eigenvalue weighted by atomic mass is 16.5. The third kappa shape index (κ3) is 3.32. The van der Waals surface area contributed by atoms with Crippen LogP contribution in [0.1, 0.15) is 41.2 Å². The second kappa shape index (κ2) is 7.81. The highest BCUT2D eigenvalue weighted by Crippen LogP contribution is 2.41. The maximum Gasteiger partial charge on any atom is 0.123 e. The van der Waals surface area contributed by atoms with Crippen LogP contribution in [0.3, 0.4) is 0 Å². The van der Waals surface area contributed by atoms with Crippen molar-refractivity contribution in [1.29, 1.82) is 0 Å². The van der Waals surface area contributed by atoms with Crippen molar-refractivity contribution in [2.45, 2.75) is 49.8 Å². The molecule has 0 saturated carbocycles. The second-order valence-corrected chi connectivity index (χ2v) is 7.51. The molecule has 2 aliphatic heterocycles. The topological polar surface area (TPSA) is 99.4 Å². The molecular weight excluding hydrogens is 360 g/mol. The number of benzene rings is 2. The van der Waals surface area contributed by atoms with Crippen molar-refractivity contribution in [2.75, 3.05) is 13.2 Å². The van der Waals surface area contributed by atoms with E-state index in [4.69, 9.17) is 9.47 Å². The lowest BCUT2D eigenvalue weighted by molar-refractivity contribution is -0.231. The van der Waals surface area contributed by atoms with Gasteiger partial charge in [-0.05, 0) is 35.2 Å². The van der Waals surface area contributed by atoms with Gasteiger partial charge in [0, 0.05) is 11.5 Å². The van der Waals surface area contributed by atoms with Crippen molar-refractivity contribution in [3.8, 4) is 5.75 Å². The maximum atomic E-state index is 10.4. The van der Waals surface area contributed by atoms with Crippen LogP contribution in [0.2, 0.25) is 0 Å². The molecule has 0 aromatic heterocycles. The molecule has 6 atom stereocenters. The molecule has 28 heavy (non-hydrogen) atoms. The molecule has 6 heteroatoms. The van der Waals surface area contributed by atoms with E-state index < -0.39 is 37.1 Å². The summed E-state index contributed by atoms with van der Waals surface area (Å²) >= 11 is 0. The van der Waals surface area contributed by atoms with Gasteiger partial charge in [0.25, 0.3) is 0 Å². The first-order valence-corrected chi connectivity index (χ1v) is 9.69. The number of hydrogen-bond donors (Lipinski definition) is 4. The predicted molar refractivity (Wildman–Crippen MR) is 102 cm³/mol. The van der Waals surface area contributed by atoms with Gasteiger partial charge in [0.15, 0.2) is 0 Å². The van der Waals surface area contributed by atoms with Gasteiger partial charge < -0.3 is 29.9 Å². The first-order chi connectivity index (χ1) is 13.5. The molecule has 2 aromatic carbocycles. The van der Waals surface area contributed by atoms with Gasteiger partial charge in [-0.2, -0.15) is 0 Å². The van der Waals surface area contributed by atoms with E-state index in [-0.39, 0.29) is 5.92 Å². The summed E-state index contributed by atoms with van der Waals surface area (Å²) in [5.41, 5.74) is 4.11. The fourth-order valence-corrected chi connectivity index (χ4v) is 4.05. The van der Waals surface area contributed by atoms with E-state index in [9.17, 15) is 20.4 Å². The molecule has 1 saturated heterocycles. The average molecular weight is 386 g/mol. The van der Waals surface area contributed by atoms with Gasteiger partial charge in [0.05, 0.1) is 13.2 Å². The van der Waals surface area contributed by atoms with E-state index in [1.807, 2.05) is 12.1 Å². The minimum atomic E-state index is -1.39. The molecular formula is C22H26O6. The monoisotopic (exact) mass is 386 g/mol. The number of aliphatic hydroxyl groups excluding tert-OH is 4. The number of aryl methyl sites for hydroxylation is 1. The van der Waals surface area contributed by atoms with Crippen LogP contribution in [-0.2, 0) is 11.2 Å². The highest BCUT2D eigenvalue weighted by Gasteiger charge is 2.44. The number of ether oxygens (including phenoxy) is 2. The summed E-state index contributed by atoms with van der Waals surface area (Å²) in [6.45, 7) is 2.22. The third-order valence-corrected chi connectivity index (χ3v) is 5.83. The number of aliphatic hydroxyl groups is 4. The Balaban J connectivity index is 1.64. The number of hydrogen-bond acceptors (Lipinski definition) is 6. The molecule has 1 fully saturated rings. The third-order valence-electron chi connectivity index (χ3n) is 5.83. The average Bonchev–Trinajstić information content (AvgIpc) is 3.15. The van der Waals surface area contributed by atoms with Gasteiger partial charge in [-0.3, -0.25) is 0 Å². The summed E-state index contributed by atoms with van der Waals surface area (Å²) in [4.78, 5) is 0. The van der Waals surface area contributed by atoms with Gasteiger partial charge >= 0.3 is 0 Å². The largest absolute Gasteiger partial charge is 0.492 e. The molecule has 2 heterocycles. The van der Waals surface area contributed by atoms with Crippen LogP contribution >= 0.6 is 0 Å². The molecule has 6 nitrogen and oxygen atoms in total. The summed E-state index contributed by atoms with van der Waals surface area (Å²) in [6.07, 6.45) is -4.83. The van der Waals surface area contributed by atoms with Crippen LogP contribution in [0.5, 0.6) is 5.75 Å². The van der Waals surface area contributed by atoms with Crippen molar-refractivity contribution in [3.05, 3.63) is 64.7 Å². The standard InChI is InChI=1S/C22H26O6/c1-2-12-3-5-13(6-4-12)16-11-27-17-8-7-14(9-15(16)17)22-21(26)20(25)19(24)18(10-23)28-22/h3-9,16,18-26H,2,10-11H2,1H3. The molecule has 0 bridgehead atoms. The lowest BCUT2D eigenvalue weighted by Gasteiger charge is -2.40. The summed E-state index contributed by atoms with van der Waals surface area (Å²) in [6, 6.07) is 14.0. The molecule has 0 aliphatic carbocycles. The van der Waals surface area contributed by atoms with Gasteiger partial charge in [0.1, 0.15) is 36.3 Å². The van der Waals surface area contributed by atoms with Crippen LogP contribution < -0.4 is 4.74 Å². The van der Waals surface area contributed by atoms with E-state index in [2.05, 4.69) is 31.2 Å². The fourth-order valence-electron chi connectivity index (χ4n) is 4.05. The molecule has 4 rings (SSSR count). The Labute approximate surface area is 164 Å². The van der Waals surface area contributed by atoms with Gasteiger partial charge in [-0.1, -0.05) is 37.3 Å². The molecule has 0 spiro atoms. The summed E-state index contributed by atoms with van der Waals surface area (Å²) in [5, 5.41) is 39.9. The Hall–Kier alpha value is -1.96. The Bertz CT molecular complexity index is 818. The summed E-state index contributed by atoms with van der Waals surface area (Å²) in [5.74, 6) is 0.864. The summed E-state index contributed by atoms with van der Waals surface area (Å²) in [7, 11) is 0. The predicted octanol–water partition coefficient (Wildman–Crippen LogP) is 1.29. The highest BCUT2D eigenvalue weighted by molar-refractivity contribution is 5.48. The molecule has 2 aromatic rings. The Kier molecular flexibility index (Phi) is 5.40. The molecule has 4 N–H and O–H groups in total. The minimum absolute atomic E-state index is 0.0748. The zero-order valence-corrected chi connectivity index (χ0v) is 15.7. The van der Waals surface area contributed by atoms with E-state index in [1.165, 1.54) is 5.56 Å². The number of rotatable bonds is 4. The van der Waals surface area contributed by atoms with Crippen LogP contribution in [-0.4, -0.2) is 58.1 Å². The maximum absolute atomic E-state index is 10.4. The van der Waals surface area contributed by atoms with Gasteiger partial charge in [-0.15, -0.1) is 0 Å². The van der Waals surface area contributed by atoms with E-state index in [1.54, 1.807) is 6.07 Å². The smallest absolute Gasteiger partial charge is 0.123 e. The number of fused-ring (bicyclic) bond motifs is 1. The Morgan fingerprint density at radius 2 is 1.64 bits per heavy atom. The van der Waals surface area contributed by atoms with Crippen LogP contribution in [0.15, 0.2) is 42.5 Å². The molecule has 0 amide bonds. The zero-order chi connectivity index (χ0) is 19.8. The van der Waals surface area contributed by atoms with Crippen molar-refractivity contribution >= 4 is 0 Å². The van der Waals surface area contributed by atoms with Crippen LogP contribution in [0.25, 0.3) is 0 Å². The lowest BCUT2D eigenvalue weighted by Crippen LogP contribution is -2.55. The lowest BCUT2D eigenvalue weighted by atomic mass is 9.87. The van der Waals surface area contributed by atoms with E-state index in [0.29, 0.717) is 12.2 Å². The molecule has 0 radical (unpaired) electrons. The van der Waals surface area contributed by atoms with Crippen molar-refractivity contribution in [1.82, 2.24) is 0 Å². The quantitative estimate of drug-likeness (QED) is 0.632. The normalized spacial score (nSPS) is 32.0. The Morgan fingerprint density at radius 1 is 0.929 bits per heavy atom. The zero-order valence-electron chi connectivity index (χ0n) is 15.7. The van der Waals surface area contributed by atoms with Crippen molar-refractivity contribution < 1.29 is 29.9 Å². The first kappa shape index (κ1) is 19.4.